The maximum Gasteiger partial charge on any atom is 0.227 e. The van der Waals surface area contributed by atoms with Crippen LogP contribution in [0.15, 0.2) is 18.2 Å². The van der Waals surface area contributed by atoms with Crippen molar-refractivity contribution in [3.63, 3.8) is 0 Å². The maximum absolute atomic E-state index is 11.5. The van der Waals surface area contributed by atoms with Crippen molar-refractivity contribution in [3.05, 3.63) is 29.3 Å². The summed E-state index contributed by atoms with van der Waals surface area (Å²) in [6.45, 7) is 2.69. The summed E-state index contributed by atoms with van der Waals surface area (Å²) < 4.78 is 0. The molecular formula is C12H12N2O. The average molecular weight is 200 g/mol. The van der Waals surface area contributed by atoms with E-state index in [4.69, 9.17) is 5.26 Å². The van der Waals surface area contributed by atoms with Gasteiger partial charge in [0, 0.05) is 18.7 Å². The van der Waals surface area contributed by atoms with E-state index >= 15 is 0 Å². The van der Waals surface area contributed by atoms with Crippen LogP contribution in [0.4, 0.5) is 5.69 Å². The number of carbonyl (C=O) groups is 1. The number of aryl methyl sites for hydroxylation is 1. The Morgan fingerprint density at radius 1 is 1.47 bits per heavy atom. The molecule has 3 nitrogen and oxygen atoms in total. The van der Waals surface area contributed by atoms with Crippen molar-refractivity contribution >= 4 is 11.6 Å². The van der Waals surface area contributed by atoms with Gasteiger partial charge >= 0.3 is 0 Å². The lowest BCUT2D eigenvalue weighted by Gasteiger charge is -2.16. The Balaban J connectivity index is 2.34. The monoisotopic (exact) mass is 200 g/mol. The van der Waals surface area contributed by atoms with E-state index in [9.17, 15) is 4.79 Å². The summed E-state index contributed by atoms with van der Waals surface area (Å²) in [5.74, 6) is 0.180. The summed E-state index contributed by atoms with van der Waals surface area (Å²) in [7, 11) is 0. The molecule has 0 bridgehead atoms. The fraction of sp³-hybridized carbons (Fsp3) is 0.333. The summed E-state index contributed by atoms with van der Waals surface area (Å²) >= 11 is 0. The predicted octanol–water partition coefficient (Wildman–Crippen LogP) is 1.99. The van der Waals surface area contributed by atoms with E-state index in [0.29, 0.717) is 12.0 Å². The van der Waals surface area contributed by atoms with E-state index in [1.165, 1.54) is 0 Å². The Kier molecular flexibility index (Phi) is 2.42. The largest absolute Gasteiger partial charge is 0.312 e. The summed E-state index contributed by atoms with van der Waals surface area (Å²) in [6.07, 6.45) is 1.57. The lowest BCUT2D eigenvalue weighted by Crippen LogP contribution is -2.23. The molecule has 0 radical (unpaired) electrons. The Morgan fingerprint density at radius 2 is 2.27 bits per heavy atom. The van der Waals surface area contributed by atoms with E-state index < -0.39 is 0 Å². The second-order valence-corrected chi connectivity index (χ2v) is 3.76. The first-order chi connectivity index (χ1) is 7.22. The van der Waals surface area contributed by atoms with Gasteiger partial charge in [-0.1, -0.05) is 0 Å². The Bertz CT molecular complexity index is 445. The zero-order valence-corrected chi connectivity index (χ0v) is 8.66. The van der Waals surface area contributed by atoms with Gasteiger partial charge < -0.3 is 4.90 Å². The third-order valence-electron chi connectivity index (χ3n) is 2.72. The molecule has 0 aliphatic carbocycles. The predicted molar refractivity (Wildman–Crippen MR) is 57.5 cm³/mol. The molecule has 0 spiro atoms. The first-order valence-electron chi connectivity index (χ1n) is 5.03. The van der Waals surface area contributed by atoms with Crippen LogP contribution < -0.4 is 4.90 Å². The Labute approximate surface area is 88.9 Å². The van der Waals surface area contributed by atoms with Gasteiger partial charge in [0.25, 0.3) is 0 Å². The minimum Gasteiger partial charge on any atom is -0.312 e. The highest BCUT2D eigenvalue weighted by Crippen LogP contribution is 2.23. The van der Waals surface area contributed by atoms with Gasteiger partial charge in [0.2, 0.25) is 5.91 Å². The van der Waals surface area contributed by atoms with Gasteiger partial charge in [-0.15, -0.1) is 0 Å². The summed E-state index contributed by atoms with van der Waals surface area (Å²) in [5, 5.41) is 8.80. The van der Waals surface area contributed by atoms with Crippen LogP contribution in [0.2, 0.25) is 0 Å². The Hall–Kier alpha value is -1.82. The molecule has 0 N–H and O–H groups in total. The molecule has 1 aliphatic heterocycles. The number of carbonyl (C=O) groups excluding carboxylic acids is 1. The van der Waals surface area contributed by atoms with Gasteiger partial charge in [0.05, 0.1) is 11.6 Å². The van der Waals surface area contributed by atoms with E-state index in [1.54, 1.807) is 11.0 Å². The van der Waals surface area contributed by atoms with Crippen LogP contribution in [0, 0.1) is 18.3 Å². The highest BCUT2D eigenvalue weighted by molar-refractivity contribution is 5.95. The van der Waals surface area contributed by atoms with E-state index in [-0.39, 0.29) is 5.91 Å². The third kappa shape index (κ3) is 1.71. The van der Waals surface area contributed by atoms with Gasteiger partial charge in [0.1, 0.15) is 0 Å². The summed E-state index contributed by atoms with van der Waals surface area (Å²) in [5.41, 5.74) is 2.51. The van der Waals surface area contributed by atoms with Crippen LogP contribution in [-0.4, -0.2) is 12.5 Å². The van der Waals surface area contributed by atoms with Crippen molar-refractivity contribution in [2.24, 2.45) is 0 Å². The topological polar surface area (TPSA) is 44.1 Å². The van der Waals surface area contributed by atoms with Crippen molar-refractivity contribution in [1.29, 1.82) is 5.26 Å². The van der Waals surface area contributed by atoms with Gasteiger partial charge in [-0.2, -0.15) is 5.26 Å². The molecule has 3 heteroatoms. The second-order valence-electron chi connectivity index (χ2n) is 3.76. The molecule has 1 aromatic rings. The molecule has 1 saturated heterocycles. The molecule has 1 aliphatic rings. The van der Waals surface area contributed by atoms with Gasteiger partial charge in [-0.05, 0) is 37.1 Å². The summed E-state index contributed by atoms with van der Waals surface area (Å²) in [6, 6.07) is 7.64. The number of nitriles is 1. The average Bonchev–Trinajstić information content (AvgIpc) is 2.64. The number of hydrogen-bond acceptors (Lipinski definition) is 2. The highest BCUT2D eigenvalue weighted by atomic mass is 16.2. The highest BCUT2D eigenvalue weighted by Gasteiger charge is 2.21. The van der Waals surface area contributed by atoms with Crippen LogP contribution in [0.5, 0.6) is 0 Å². The second kappa shape index (κ2) is 3.74. The lowest BCUT2D eigenvalue weighted by molar-refractivity contribution is -0.117. The number of anilines is 1. The van der Waals surface area contributed by atoms with Crippen LogP contribution >= 0.6 is 0 Å². The molecule has 76 valence electrons. The molecule has 1 aromatic carbocycles. The zero-order valence-electron chi connectivity index (χ0n) is 8.66. The molecule has 0 unspecified atom stereocenters. The molecule has 0 saturated carbocycles. The number of rotatable bonds is 1. The molecule has 1 fully saturated rings. The van der Waals surface area contributed by atoms with Gasteiger partial charge in [0.15, 0.2) is 0 Å². The SMILES string of the molecule is Cc1cc(N2CCCC2=O)ccc1C#N. The number of benzene rings is 1. The van der Waals surface area contributed by atoms with Crippen LogP contribution in [0.3, 0.4) is 0 Å². The van der Waals surface area contributed by atoms with Crippen LogP contribution in [0.1, 0.15) is 24.0 Å². The first-order valence-corrected chi connectivity index (χ1v) is 5.03. The maximum atomic E-state index is 11.5. The van der Waals surface area contributed by atoms with Crippen molar-refractivity contribution in [2.45, 2.75) is 19.8 Å². The van der Waals surface area contributed by atoms with Gasteiger partial charge in [-0.3, -0.25) is 4.79 Å². The number of hydrogen-bond donors (Lipinski definition) is 0. The van der Waals surface area contributed by atoms with Gasteiger partial charge in [-0.25, -0.2) is 0 Å². The molecule has 15 heavy (non-hydrogen) atoms. The van der Waals surface area contributed by atoms with Crippen molar-refractivity contribution in [1.82, 2.24) is 0 Å². The molecular weight excluding hydrogens is 188 g/mol. The standard InChI is InChI=1S/C12H12N2O/c1-9-7-11(5-4-10(9)8-13)14-6-2-3-12(14)15/h4-5,7H,2-3,6H2,1H3. The molecule has 2 rings (SSSR count). The third-order valence-corrected chi connectivity index (χ3v) is 2.72. The van der Waals surface area contributed by atoms with Crippen molar-refractivity contribution in [3.8, 4) is 6.07 Å². The van der Waals surface area contributed by atoms with Crippen molar-refractivity contribution < 1.29 is 4.79 Å². The normalized spacial score (nSPS) is 15.5. The van der Waals surface area contributed by atoms with E-state index in [2.05, 4.69) is 6.07 Å². The zero-order chi connectivity index (χ0) is 10.8. The van der Waals surface area contributed by atoms with Crippen LogP contribution in [-0.2, 0) is 4.79 Å². The fourth-order valence-corrected chi connectivity index (χ4v) is 1.86. The molecule has 1 heterocycles. The summed E-state index contributed by atoms with van der Waals surface area (Å²) in [4.78, 5) is 13.3. The smallest absolute Gasteiger partial charge is 0.227 e. The minimum absolute atomic E-state index is 0.180. The van der Waals surface area contributed by atoms with E-state index in [1.807, 2.05) is 19.1 Å². The minimum atomic E-state index is 0.180. The lowest BCUT2D eigenvalue weighted by atomic mass is 10.1. The Morgan fingerprint density at radius 3 is 2.80 bits per heavy atom. The number of nitrogens with zero attached hydrogens (tertiary/aromatic N) is 2. The van der Waals surface area contributed by atoms with Crippen LogP contribution in [0.25, 0.3) is 0 Å². The molecule has 0 atom stereocenters. The van der Waals surface area contributed by atoms with Crippen molar-refractivity contribution in [2.75, 3.05) is 11.4 Å². The molecule has 1 amide bonds. The number of amides is 1. The molecule has 0 aromatic heterocycles. The quantitative estimate of drug-likeness (QED) is 0.695. The fourth-order valence-electron chi connectivity index (χ4n) is 1.86. The first kappa shape index (κ1) is 9.72. The van der Waals surface area contributed by atoms with E-state index in [0.717, 1.165) is 24.2 Å².